The number of hydrogen-bond donors (Lipinski definition) is 1. The second kappa shape index (κ2) is 7.39. The van der Waals surface area contributed by atoms with E-state index in [9.17, 15) is 14.0 Å². The minimum absolute atomic E-state index is 0.0939. The van der Waals surface area contributed by atoms with Crippen LogP contribution in [-0.2, 0) is 9.59 Å². The molecule has 0 bridgehead atoms. The standard InChI is InChI=1S/C18H13ClFNO3S/c19-12-7-5-11(6-8-12)15-16(25-10-9-22)18(24)21(17(15)23)14-4-2-1-3-13(14)20/h1-8,22H,9-10H2. The van der Waals surface area contributed by atoms with Crippen molar-refractivity contribution in [3.05, 3.63) is 69.8 Å². The summed E-state index contributed by atoms with van der Waals surface area (Å²) in [4.78, 5) is 26.7. The number of aliphatic hydroxyl groups is 1. The zero-order valence-corrected chi connectivity index (χ0v) is 14.5. The van der Waals surface area contributed by atoms with Gasteiger partial charge in [-0.3, -0.25) is 9.59 Å². The summed E-state index contributed by atoms with van der Waals surface area (Å²) in [6, 6.07) is 12.1. The number of benzene rings is 2. The Morgan fingerprint density at radius 2 is 1.72 bits per heavy atom. The number of amides is 2. The SMILES string of the molecule is O=C1C(SCCO)=C(c2ccc(Cl)cc2)C(=O)N1c1ccccc1F. The van der Waals surface area contributed by atoms with Crippen molar-refractivity contribution in [2.24, 2.45) is 0 Å². The van der Waals surface area contributed by atoms with Gasteiger partial charge in [0.25, 0.3) is 11.8 Å². The molecule has 0 saturated carbocycles. The van der Waals surface area contributed by atoms with Gasteiger partial charge in [0.15, 0.2) is 0 Å². The third-order valence-electron chi connectivity index (χ3n) is 3.61. The lowest BCUT2D eigenvalue weighted by Gasteiger charge is -2.15. The van der Waals surface area contributed by atoms with Crippen LogP contribution in [0.2, 0.25) is 5.02 Å². The van der Waals surface area contributed by atoms with Crippen molar-refractivity contribution in [3.63, 3.8) is 0 Å². The number of carbonyl (C=O) groups excluding carboxylic acids is 2. The predicted octanol–water partition coefficient (Wildman–Crippen LogP) is 3.49. The summed E-state index contributed by atoms with van der Waals surface area (Å²) in [5.41, 5.74) is 0.606. The van der Waals surface area contributed by atoms with Crippen LogP contribution >= 0.6 is 23.4 Å². The van der Waals surface area contributed by atoms with Crippen molar-refractivity contribution in [1.29, 1.82) is 0 Å². The van der Waals surface area contributed by atoms with Crippen LogP contribution in [0.25, 0.3) is 5.57 Å². The van der Waals surface area contributed by atoms with Gasteiger partial charge in [0, 0.05) is 10.8 Å². The van der Waals surface area contributed by atoms with Crippen molar-refractivity contribution in [2.45, 2.75) is 0 Å². The number of nitrogens with zero attached hydrogens (tertiary/aromatic N) is 1. The molecule has 7 heteroatoms. The van der Waals surface area contributed by atoms with E-state index in [1.165, 1.54) is 18.2 Å². The third kappa shape index (κ3) is 3.33. The largest absolute Gasteiger partial charge is 0.396 e. The lowest BCUT2D eigenvalue weighted by molar-refractivity contribution is -0.119. The second-order valence-electron chi connectivity index (χ2n) is 5.18. The third-order valence-corrected chi connectivity index (χ3v) is 4.91. The van der Waals surface area contributed by atoms with E-state index in [0.29, 0.717) is 10.6 Å². The second-order valence-corrected chi connectivity index (χ2v) is 6.72. The van der Waals surface area contributed by atoms with E-state index in [1.54, 1.807) is 30.3 Å². The maximum Gasteiger partial charge on any atom is 0.272 e. The van der Waals surface area contributed by atoms with E-state index < -0.39 is 17.6 Å². The molecule has 0 saturated heterocycles. The maximum atomic E-state index is 14.1. The Balaban J connectivity index is 2.09. The van der Waals surface area contributed by atoms with Crippen LogP contribution in [0, 0.1) is 5.82 Å². The van der Waals surface area contributed by atoms with E-state index in [4.69, 9.17) is 16.7 Å². The van der Waals surface area contributed by atoms with E-state index in [2.05, 4.69) is 0 Å². The lowest BCUT2D eigenvalue weighted by atomic mass is 10.1. The maximum absolute atomic E-state index is 14.1. The molecule has 1 aliphatic heterocycles. The van der Waals surface area contributed by atoms with Gasteiger partial charge in [-0.1, -0.05) is 35.9 Å². The first kappa shape index (κ1) is 17.7. The smallest absolute Gasteiger partial charge is 0.272 e. The van der Waals surface area contributed by atoms with E-state index in [-0.39, 0.29) is 28.5 Å². The monoisotopic (exact) mass is 377 g/mol. The minimum atomic E-state index is -0.659. The van der Waals surface area contributed by atoms with E-state index in [0.717, 1.165) is 16.7 Å². The van der Waals surface area contributed by atoms with Gasteiger partial charge in [-0.2, -0.15) is 0 Å². The Morgan fingerprint density at radius 3 is 2.36 bits per heavy atom. The zero-order valence-electron chi connectivity index (χ0n) is 12.9. The molecular weight excluding hydrogens is 365 g/mol. The van der Waals surface area contributed by atoms with Crippen LogP contribution in [0.5, 0.6) is 0 Å². The van der Waals surface area contributed by atoms with Crippen molar-refractivity contribution >= 4 is 46.4 Å². The number of thioether (sulfide) groups is 1. The first-order chi connectivity index (χ1) is 12.0. The van der Waals surface area contributed by atoms with Gasteiger partial charge in [0.1, 0.15) is 5.82 Å². The Bertz CT molecular complexity index is 867. The molecule has 0 radical (unpaired) electrons. The molecule has 1 N–H and O–H groups in total. The van der Waals surface area contributed by atoms with Crippen LogP contribution in [0.3, 0.4) is 0 Å². The fourth-order valence-electron chi connectivity index (χ4n) is 2.51. The topological polar surface area (TPSA) is 57.6 Å². The van der Waals surface area contributed by atoms with E-state index >= 15 is 0 Å². The van der Waals surface area contributed by atoms with Crippen LogP contribution < -0.4 is 4.90 Å². The Morgan fingerprint density at radius 1 is 1.04 bits per heavy atom. The van der Waals surface area contributed by atoms with Crippen molar-refractivity contribution in [2.75, 3.05) is 17.3 Å². The van der Waals surface area contributed by atoms with E-state index in [1.807, 2.05) is 0 Å². The molecule has 0 aliphatic carbocycles. The number of imide groups is 1. The number of rotatable bonds is 5. The van der Waals surface area contributed by atoms with Gasteiger partial charge in [-0.25, -0.2) is 9.29 Å². The number of aliphatic hydroxyl groups excluding tert-OH is 1. The molecule has 0 unspecified atom stereocenters. The summed E-state index contributed by atoms with van der Waals surface area (Å²) in [7, 11) is 0. The highest BCUT2D eigenvalue weighted by atomic mass is 35.5. The number of halogens is 2. The van der Waals surface area contributed by atoms with Crippen LogP contribution in [-0.4, -0.2) is 29.3 Å². The fourth-order valence-corrected chi connectivity index (χ4v) is 3.50. The first-order valence-electron chi connectivity index (χ1n) is 7.41. The summed E-state index contributed by atoms with van der Waals surface area (Å²) < 4.78 is 14.1. The molecule has 0 atom stereocenters. The molecular formula is C18H13ClFNO3S. The highest BCUT2D eigenvalue weighted by Crippen LogP contribution is 2.39. The molecule has 128 valence electrons. The minimum Gasteiger partial charge on any atom is -0.396 e. The molecule has 2 aromatic carbocycles. The van der Waals surface area contributed by atoms with Crippen molar-refractivity contribution in [3.8, 4) is 0 Å². The highest BCUT2D eigenvalue weighted by molar-refractivity contribution is 8.04. The lowest BCUT2D eigenvalue weighted by Crippen LogP contribution is -2.32. The number of para-hydroxylation sites is 1. The number of hydrogen-bond acceptors (Lipinski definition) is 4. The molecule has 1 heterocycles. The number of anilines is 1. The van der Waals surface area contributed by atoms with Gasteiger partial charge < -0.3 is 5.11 Å². The molecule has 0 spiro atoms. The van der Waals surface area contributed by atoms with Crippen molar-refractivity contribution < 1.29 is 19.1 Å². The highest BCUT2D eigenvalue weighted by Gasteiger charge is 2.41. The molecule has 25 heavy (non-hydrogen) atoms. The summed E-state index contributed by atoms with van der Waals surface area (Å²) in [6.45, 7) is -0.150. The normalized spacial score (nSPS) is 14.6. The molecule has 3 rings (SSSR count). The Kier molecular flexibility index (Phi) is 5.22. The Labute approximate surface area is 152 Å². The predicted molar refractivity (Wildman–Crippen MR) is 96.8 cm³/mol. The molecule has 2 aromatic rings. The van der Waals surface area contributed by atoms with Crippen LogP contribution in [0.1, 0.15) is 5.56 Å². The fraction of sp³-hybridized carbons (Fsp3) is 0.111. The summed E-state index contributed by atoms with van der Waals surface area (Å²) in [5, 5.41) is 9.57. The van der Waals surface area contributed by atoms with Crippen LogP contribution in [0.15, 0.2) is 53.4 Å². The Hall–Kier alpha value is -2.15. The van der Waals surface area contributed by atoms with Gasteiger partial charge >= 0.3 is 0 Å². The van der Waals surface area contributed by atoms with Crippen LogP contribution in [0.4, 0.5) is 10.1 Å². The first-order valence-corrected chi connectivity index (χ1v) is 8.78. The van der Waals surface area contributed by atoms with Gasteiger partial charge in [-0.15, -0.1) is 11.8 Å². The quantitative estimate of drug-likeness (QED) is 0.810. The average Bonchev–Trinajstić information content (AvgIpc) is 2.85. The molecule has 0 aromatic heterocycles. The summed E-state index contributed by atoms with van der Waals surface area (Å²) in [6.07, 6.45) is 0. The molecule has 1 aliphatic rings. The van der Waals surface area contributed by atoms with Gasteiger partial charge in [-0.05, 0) is 29.8 Å². The zero-order chi connectivity index (χ0) is 18.0. The summed E-state index contributed by atoms with van der Waals surface area (Å²) >= 11 is 6.95. The molecule has 2 amide bonds. The van der Waals surface area contributed by atoms with Crippen molar-refractivity contribution in [1.82, 2.24) is 0 Å². The average molecular weight is 378 g/mol. The summed E-state index contributed by atoms with van der Waals surface area (Å²) in [5.74, 6) is -1.61. The van der Waals surface area contributed by atoms with Gasteiger partial charge in [0.2, 0.25) is 0 Å². The molecule has 0 fully saturated rings. The number of carbonyl (C=O) groups is 2. The van der Waals surface area contributed by atoms with Gasteiger partial charge in [0.05, 0.1) is 22.8 Å². The molecule has 4 nitrogen and oxygen atoms in total.